The summed E-state index contributed by atoms with van der Waals surface area (Å²) in [5.74, 6) is 0.495. The van der Waals surface area contributed by atoms with Gasteiger partial charge in [-0.2, -0.15) is 0 Å². The maximum Gasteiger partial charge on any atom is 0.251 e. The summed E-state index contributed by atoms with van der Waals surface area (Å²) in [7, 11) is 1.57. The molecule has 1 rings (SSSR count). The molecule has 1 heterocycles. The number of hydrogen-bond donors (Lipinski definition) is 0. The molecule has 4 heteroatoms. The fourth-order valence-corrected chi connectivity index (χ4v) is 1.44. The third kappa shape index (κ3) is 1.80. The molecule has 0 amide bonds. The zero-order chi connectivity index (χ0) is 10.2. The van der Waals surface area contributed by atoms with Crippen LogP contribution in [0, 0.1) is 6.92 Å². The van der Waals surface area contributed by atoms with Gasteiger partial charge in [0.2, 0.25) is 0 Å². The summed E-state index contributed by atoms with van der Waals surface area (Å²) in [6.07, 6.45) is 0. The number of ether oxygens (including phenoxy) is 1. The number of nitrogens with zero attached hydrogens (tertiary/aromatic N) is 2. The summed E-state index contributed by atoms with van der Waals surface area (Å²) in [5.41, 5.74) is 0.871. The minimum Gasteiger partial charge on any atom is -0.479 e. The van der Waals surface area contributed by atoms with Crippen LogP contribution in [0.5, 0.6) is 5.88 Å². The van der Waals surface area contributed by atoms with Crippen LogP contribution < -0.4 is 4.74 Å². The van der Waals surface area contributed by atoms with E-state index in [1.807, 2.05) is 11.6 Å². The van der Waals surface area contributed by atoms with Gasteiger partial charge in [0.15, 0.2) is 0 Å². The van der Waals surface area contributed by atoms with E-state index in [9.17, 15) is 0 Å². The predicted octanol–water partition coefficient (Wildman–Crippen LogP) is 2.61. The first-order valence-electron chi connectivity index (χ1n) is 4.17. The lowest BCUT2D eigenvalue weighted by Crippen LogP contribution is -2.24. The van der Waals surface area contributed by atoms with E-state index in [4.69, 9.17) is 16.3 Å². The Morgan fingerprint density at radius 1 is 1.38 bits per heavy atom. The van der Waals surface area contributed by atoms with Gasteiger partial charge in [-0.05, 0) is 27.7 Å². The number of aromatic nitrogens is 2. The Bertz CT molecular complexity index is 312. The fraction of sp³-hybridized carbons (Fsp3) is 0.667. The molecule has 0 saturated carbocycles. The van der Waals surface area contributed by atoms with Crippen molar-refractivity contribution in [1.82, 2.24) is 9.78 Å². The van der Waals surface area contributed by atoms with E-state index in [2.05, 4.69) is 25.9 Å². The van der Waals surface area contributed by atoms with Crippen molar-refractivity contribution in [3.63, 3.8) is 0 Å². The van der Waals surface area contributed by atoms with Crippen molar-refractivity contribution in [3.05, 3.63) is 10.7 Å². The van der Waals surface area contributed by atoms with Gasteiger partial charge in [-0.3, -0.25) is 4.68 Å². The molecular formula is C9H15ClN2O. The Morgan fingerprint density at radius 3 is 2.15 bits per heavy atom. The molecule has 0 aliphatic rings. The average Bonchev–Trinajstić information content (AvgIpc) is 2.28. The first-order valence-corrected chi connectivity index (χ1v) is 4.55. The van der Waals surface area contributed by atoms with E-state index in [1.165, 1.54) is 0 Å². The second-order valence-corrected chi connectivity index (χ2v) is 4.37. The van der Waals surface area contributed by atoms with E-state index in [-0.39, 0.29) is 5.54 Å². The summed E-state index contributed by atoms with van der Waals surface area (Å²) >= 11 is 6.01. The van der Waals surface area contributed by atoms with Crippen molar-refractivity contribution in [2.45, 2.75) is 33.2 Å². The van der Waals surface area contributed by atoms with Crippen LogP contribution in [0.4, 0.5) is 0 Å². The Morgan fingerprint density at radius 2 is 1.92 bits per heavy atom. The molecule has 0 aromatic carbocycles. The largest absolute Gasteiger partial charge is 0.479 e. The molecule has 3 nitrogen and oxygen atoms in total. The van der Waals surface area contributed by atoms with E-state index < -0.39 is 0 Å². The minimum atomic E-state index is -0.0650. The van der Waals surface area contributed by atoms with E-state index in [0.717, 1.165) is 5.69 Å². The number of hydrogen-bond acceptors (Lipinski definition) is 2. The molecule has 0 aliphatic carbocycles. The Balaban J connectivity index is 3.25. The molecule has 0 unspecified atom stereocenters. The van der Waals surface area contributed by atoms with Gasteiger partial charge >= 0.3 is 0 Å². The van der Waals surface area contributed by atoms with Crippen molar-refractivity contribution < 1.29 is 4.74 Å². The highest BCUT2D eigenvalue weighted by molar-refractivity contribution is 6.32. The fourth-order valence-electron chi connectivity index (χ4n) is 1.24. The molecule has 0 bridgehead atoms. The Kier molecular flexibility index (Phi) is 2.57. The highest BCUT2D eigenvalue weighted by atomic mass is 35.5. The smallest absolute Gasteiger partial charge is 0.251 e. The molecule has 1 aromatic rings. The Hall–Kier alpha value is -0.700. The zero-order valence-electron chi connectivity index (χ0n) is 8.68. The van der Waals surface area contributed by atoms with Gasteiger partial charge in [-0.25, -0.2) is 0 Å². The summed E-state index contributed by atoms with van der Waals surface area (Å²) < 4.78 is 6.91. The first-order chi connectivity index (χ1) is 5.88. The molecule has 13 heavy (non-hydrogen) atoms. The van der Waals surface area contributed by atoms with Crippen LogP contribution >= 0.6 is 11.6 Å². The molecule has 0 fully saturated rings. The first kappa shape index (κ1) is 10.4. The van der Waals surface area contributed by atoms with Crippen LogP contribution in [-0.4, -0.2) is 16.9 Å². The molecular weight excluding hydrogens is 188 g/mol. The number of halogens is 1. The molecule has 0 saturated heterocycles. The summed E-state index contributed by atoms with van der Waals surface area (Å²) in [5, 5.41) is 4.86. The molecule has 0 N–H and O–H groups in total. The van der Waals surface area contributed by atoms with Crippen LogP contribution in [0.15, 0.2) is 0 Å². The van der Waals surface area contributed by atoms with Crippen molar-refractivity contribution in [1.29, 1.82) is 0 Å². The monoisotopic (exact) mass is 202 g/mol. The predicted molar refractivity (Wildman–Crippen MR) is 53.5 cm³/mol. The van der Waals surface area contributed by atoms with E-state index >= 15 is 0 Å². The van der Waals surface area contributed by atoms with Crippen LogP contribution in [0.1, 0.15) is 26.5 Å². The number of methoxy groups -OCH3 is 1. The lowest BCUT2D eigenvalue weighted by molar-refractivity contribution is 0.325. The van der Waals surface area contributed by atoms with Gasteiger partial charge in [0.25, 0.3) is 5.88 Å². The van der Waals surface area contributed by atoms with E-state index in [0.29, 0.717) is 10.9 Å². The molecule has 0 aliphatic heterocycles. The van der Waals surface area contributed by atoms with Gasteiger partial charge in [0.1, 0.15) is 5.02 Å². The molecule has 0 radical (unpaired) electrons. The quantitative estimate of drug-likeness (QED) is 0.700. The SMILES string of the molecule is COc1nn(C(C)(C)C)c(C)c1Cl. The lowest BCUT2D eigenvalue weighted by atomic mass is 10.1. The van der Waals surface area contributed by atoms with Crippen molar-refractivity contribution in [2.24, 2.45) is 0 Å². The topological polar surface area (TPSA) is 27.1 Å². The summed E-state index contributed by atoms with van der Waals surface area (Å²) in [6.45, 7) is 8.15. The second kappa shape index (κ2) is 3.22. The van der Waals surface area contributed by atoms with Gasteiger partial charge in [0, 0.05) is 0 Å². The van der Waals surface area contributed by atoms with E-state index in [1.54, 1.807) is 7.11 Å². The Labute approximate surface area is 83.6 Å². The minimum absolute atomic E-state index is 0.0650. The zero-order valence-corrected chi connectivity index (χ0v) is 9.44. The van der Waals surface area contributed by atoms with Crippen LogP contribution in [0.3, 0.4) is 0 Å². The van der Waals surface area contributed by atoms with Crippen LogP contribution in [0.2, 0.25) is 5.02 Å². The van der Waals surface area contributed by atoms with Crippen LogP contribution in [-0.2, 0) is 5.54 Å². The summed E-state index contributed by atoms with van der Waals surface area (Å²) in [6, 6.07) is 0. The third-order valence-corrected chi connectivity index (χ3v) is 2.28. The van der Waals surface area contributed by atoms with Crippen molar-refractivity contribution in [2.75, 3.05) is 7.11 Å². The van der Waals surface area contributed by atoms with Crippen molar-refractivity contribution >= 4 is 11.6 Å². The molecule has 1 aromatic heterocycles. The maximum atomic E-state index is 6.01. The lowest BCUT2D eigenvalue weighted by Gasteiger charge is -2.20. The highest BCUT2D eigenvalue weighted by Crippen LogP contribution is 2.30. The van der Waals surface area contributed by atoms with Gasteiger partial charge < -0.3 is 4.74 Å². The maximum absolute atomic E-state index is 6.01. The van der Waals surface area contributed by atoms with Crippen molar-refractivity contribution in [3.8, 4) is 5.88 Å². The average molecular weight is 203 g/mol. The molecule has 74 valence electrons. The summed E-state index contributed by atoms with van der Waals surface area (Å²) in [4.78, 5) is 0. The normalized spacial score (nSPS) is 11.8. The highest BCUT2D eigenvalue weighted by Gasteiger charge is 2.21. The number of rotatable bonds is 1. The van der Waals surface area contributed by atoms with Crippen LogP contribution in [0.25, 0.3) is 0 Å². The van der Waals surface area contributed by atoms with Gasteiger partial charge in [-0.1, -0.05) is 11.6 Å². The van der Waals surface area contributed by atoms with Gasteiger partial charge in [0.05, 0.1) is 18.3 Å². The second-order valence-electron chi connectivity index (χ2n) is 3.99. The standard InChI is InChI=1S/C9H15ClN2O/c1-6-7(10)8(13-5)11-12(6)9(2,3)4/h1-5H3. The van der Waals surface area contributed by atoms with Gasteiger partial charge in [-0.15, -0.1) is 5.10 Å². The third-order valence-electron chi connectivity index (χ3n) is 1.84. The molecule has 0 atom stereocenters. The molecule has 0 spiro atoms.